The highest BCUT2D eigenvalue weighted by atomic mass is 16.3. The number of carbonyl (C=O) groups is 1. The molecule has 0 spiro atoms. The van der Waals surface area contributed by atoms with Crippen LogP contribution in [0.3, 0.4) is 0 Å². The first-order valence-electron chi connectivity index (χ1n) is 5.00. The van der Waals surface area contributed by atoms with Crippen LogP contribution >= 0.6 is 0 Å². The molecule has 0 saturated heterocycles. The van der Waals surface area contributed by atoms with Gasteiger partial charge in [-0.2, -0.15) is 0 Å². The summed E-state index contributed by atoms with van der Waals surface area (Å²) < 4.78 is 0. The van der Waals surface area contributed by atoms with Crippen molar-refractivity contribution in [1.82, 2.24) is 0 Å². The first-order chi connectivity index (χ1) is 6.81. The number of aliphatic hydroxyl groups is 1. The predicted molar refractivity (Wildman–Crippen MR) is 53.9 cm³/mol. The van der Waals surface area contributed by atoms with Crippen molar-refractivity contribution in [2.24, 2.45) is 5.92 Å². The van der Waals surface area contributed by atoms with E-state index in [9.17, 15) is 9.90 Å². The van der Waals surface area contributed by atoms with Gasteiger partial charge in [-0.3, -0.25) is 0 Å². The van der Waals surface area contributed by atoms with Crippen molar-refractivity contribution in [3.05, 3.63) is 35.4 Å². The van der Waals surface area contributed by atoms with Crippen molar-refractivity contribution in [3.63, 3.8) is 0 Å². The monoisotopic (exact) mass is 190 g/mol. The summed E-state index contributed by atoms with van der Waals surface area (Å²) in [7, 11) is 0. The van der Waals surface area contributed by atoms with Gasteiger partial charge in [0.05, 0.1) is 6.10 Å². The van der Waals surface area contributed by atoms with Gasteiger partial charge in [0.1, 0.15) is 6.29 Å². The number of aliphatic hydroxyl groups excluding tert-OH is 1. The van der Waals surface area contributed by atoms with Crippen LogP contribution in [0, 0.1) is 5.92 Å². The van der Waals surface area contributed by atoms with E-state index in [0.29, 0.717) is 12.3 Å². The normalized spacial score (nSPS) is 25.5. The van der Waals surface area contributed by atoms with E-state index in [2.05, 4.69) is 0 Å². The maximum atomic E-state index is 10.4. The SMILES string of the molecule is O=CCC1Cc2ccccc2C(O)C1. The fourth-order valence-electron chi connectivity index (χ4n) is 2.20. The summed E-state index contributed by atoms with van der Waals surface area (Å²) in [6.45, 7) is 0. The Bertz CT molecular complexity index is 333. The molecule has 2 heteroatoms. The lowest BCUT2D eigenvalue weighted by molar-refractivity contribution is -0.108. The Morgan fingerprint density at radius 1 is 1.43 bits per heavy atom. The lowest BCUT2D eigenvalue weighted by atomic mass is 9.81. The van der Waals surface area contributed by atoms with E-state index in [1.165, 1.54) is 5.56 Å². The molecular weight excluding hydrogens is 176 g/mol. The Hall–Kier alpha value is -1.15. The molecular formula is C12H14O2. The van der Waals surface area contributed by atoms with E-state index in [-0.39, 0.29) is 6.10 Å². The van der Waals surface area contributed by atoms with E-state index in [4.69, 9.17) is 0 Å². The van der Waals surface area contributed by atoms with Crippen molar-refractivity contribution >= 4 is 6.29 Å². The Kier molecular flexibility index (Phi) is 2.64. The smallest absolute Gasteiger partial charge is 0.120 e. The van der Waals surface area contributed by atoms with Gasteiger partial charge in [-0.05, 0) is 29.9 Å². The zero-order valence-corrected chi connectivity index (χ0v) is 8.02. The highest BCUT2D eigenvalue weighted by Crippen LogP contribution is 2.33. The average Bonchev–Trinajstić information content (AvgIpc) is 2.18. The van der Waals surface area contributed by atoms with Gasteiger partial charge in [-0.25, -0.2) is 0 Å². The first kappa shape index (κ1) is 9.41. The molecule has 1 aliphatic rings. The molecule has 74 valence electrons. The molecule has 0 amide bonds. The van der Waals surface area contributed by atoms with E-state index in [0.717, 1.165) is 24.7 Å². The summed E-state index contributed by atoms with van der Waals surface area (Å²) >= 11 is 0. The number of hydrogen-bond donors (Lipinski definition) is 1. The van der Waals surface area contributed by atoms with Gasteiger partial charge >= 0.3 is 0 Å². The molecule has 14 heavy (non-hydrogen) atoms. The molecule has 2 rings (SSSR count). The largest absolute Gasteiger partial charge is 0.388 e. The number of hydrogen-bond acceptors (Lipinski definition) is 2. The lowest BCUT2D eigenvalue weighted by Crippen LogP contribution is -2.18. The molecule has 0 fully saturated rings. The summed E-state index contributed by atoms with van der Waals surface area (Å²) in [5.74, 6) is 0.317. The standard InChI is InChI=1S/C12H14O2/c13-6-5-9-7-10-3-1-2-4-11(10)12(14)8-9/h1-4,6,9,12,14H,5,7-8H2. The summed E-state index contributed by atoms with van der Waals surface area (Å²) in [5, 5.41) is 9.84. The molecule has 1 N–H and O–H groups in total. The van der Waals surface area contributed by atoms with Crippen LogP contribution in [0.5, 0.6) is 0 Å². The predicted octanol–water partition coefficient (Wildman–Crippen LogP) is 1.87. The topological polar surface area (TPSA) is 37.3 Å². The van der Waals surface area contributed by atoms with E-state index in [1.54, 1.807) is 0 Å². The first-order valence-corrected chi connectivity index (χ1v) is 5.00. The van der Waals surface area contributed by atoms with Crippen molar-refractivity contribution in [1.29, 1.82) is 0 Å². The molecule has 0 heterocycles. The highest BCUT2D eigenvalue weighted by molar-refractivity contribution is 5.50. The minimum Gasteiger partial charge on any atom is -0.388 e. The number of rotatable bonds is 2. The molecule has 1 aromatic rings. The summed E-state index contributed by atoms with van der Waals surface area (Å²) in [6.07, 6.45) is 2.77. The minimum atomic E-state index is -0.384. The fourth-order valence-corrected chi connectivity index (χ4v) is 2.20. The van der Waals surface area contributed by atoms with Crippen molar-refractivity contribution in [2.45, 2.75) is 25.4 Å². The molecule has 0 bridgehead atoms. The van der Waals surface area contributed by atoms with Crippen LogP contribution in [0.2, 0.25) is 0 Å². The number of aldehydes is 1. The van der Waals surface area contributed by atoms with Gasteiger partial charge < -0.3 is 9.90 Å². The van der Waals surface area contributed by atoms with Crippen LogP contribution in [0.15, 0.2) is 24.3 Å². The Labute approximate surface area is 83.6 Å². The molecule has 0 radical (unpaired) electrons. The summed E-state index contributed by atoms with van der Waals surface area (Å²) in [4.78, 5) is 10.4. The van der Waals surface area contributed by atoms with Gasteiger partial charge in [-0.1, -0.05) is 24.3 Å². The zero-order chi connectivity index (χ0) is 9.97. The molecule has 2 nitrogen and oxygen atoms in total. The second-order valence-corrected chi connectivity index (χ2v) is 3.92. The molecule has 0 aromatic heterocycles. The maximum Gasteiger partial charge on any atom is 0.120 e. The van der Waals surface area contributed by atoms with Gasteiger partial charge in [0.2, 0.25) is 0 Å². The van der Waals surface area contributed by atoms with Gasteiger partial charge in [0, 0.05) is 6.42 Å². The third-order valence-electron chi connectivity index (χ3n) is 2.91. The number of fused-ring (bicyclic) bond motifs is 1. The Morgan fingerprint density at radius 2 is 2.21 bits per heavy atom. The summed E-state index contributed by atoms with van der Waals surface area (Å²) in [5.41, 5.74) is 2.23. The third-order valence-corrected chi connectivity index (χ3v) is 2.91. The van der Waals surface area contributed by atoms with Gasteiger partial charge in [0.25, 0.3) is 0 Å². The van der Waals surface area contributed by atoms with Crippen LogP contribution in [-0.4, -0.2) is 11.4 Å². The van der Waals surface area contributed by atoms with E-state index >= 15 is 0 Å². The Morgan fingerprint density at radius 3 is 3.00 bits per heavy atom. The maximum absolute atomic E-state index is 10.4. The highest BCUT2D eigenvalue weighted by Gasteiger charge is 2.24. The van der Waals surface area contributed by atoms with Crippen LogP contribution in [0.1, 0.15) is 30.1 Å². The Balaban J connectivity index is 2.24. The molecule has 0 saturated carbocycles. The van der Waals surface area contributed by atoms with Crippen LogP contribution in [-0.2, 0) is 11.2 Å². The summed E-state index contributed by atoms with van der Waals surface area (Å²) in [6, 6.07) is 7.93. The fraction of sp³-hybridized carbons (Fsp3) is 0.417. The lowest BCUT2D eigenvalue weighted by Gasteiger charge is -2.27. The second kappa shape index (κ2) is 3.93. The van der Waals surface area contributed by atoms with Crippen LogP contribution in [0.4, 0.5) is 0 Å². The van der Waals surface area contributed by atoms with Gasteiger partial charge in [-0.15, -0.1) is 0 Å². The van der Waals surface area contributed by atoms with Crippen molar-refractivity contribution in [2.75, 3.05) is 0 Å². The van der Waals surface area contributed by atoms with Crippen molar-refractivity contribution < 1.29 is 9.90 Å². The quantitative estimate of drug-likeness (QED) is 0.723. The zero-order valence-electron chi connectivity index (χ0n) is 8.02. The average molecular weight is 190 g/mol. The van der Waals surface area contributed by atoms with Crippen LogP contribution < -0.4 is 0 Å². The number of benzene rings is 1. The minimum absolute atomic E-state index is 0.317. The number of carbonyl (C=O) groups excluding carboxylic acids is 1. The van der Waals surface area contributed by atoms with Crippen molar-refractivity contribution in [3.8, 4) is 0 Å². The molecule has 2 atom stereocenters. The van der Waals surface area contributed by atoms with E-state index in [1.807, 2.05) is 24.3 Å². The molecule has 1 aliphatic carbocycles. The molecule has 2 unspecified atom stereocenters. The molecule has 1 aromatic carbocycles. The second-order valence-electron chi connectivity index (χ2n) is 3.92. The van der Waals surface area contributed by atoms with E-state index < -0.39 is 0 Å². The van der Waals surface area contributed by atoms with Gasteiger partial charge in [0.15, 0.2) is 0 Å². The van der Waals surface area contributed by atoms with Crippen LogP contribution in [0.25, 0.3) is 0 Å². The third kappa shape index (κ3) is 1.70. The molecule has 0 aliphatic heterocycles.